The normalized spacial score (nSPS) is 25.8. The van der Waals surface area contributed by atoms with Crippen LogP contribution in [0.5, 0.6) is 0 Å². The molecule has 0 saturated carbocycles. The highest BCUT2D eigenvalue weighted by Gasteiger charge is 2.35. The number of hydrogen-bond donors (Lipinski definition) is 1. The van der Waals surface area contributed by atoms with Gasteiger partial charge < -0.3 is 19.5 Å². The molecule has 128 valence electrons. The number of aromatic nitrogens is 1. The minimum Gasteiger partial charge on any atom is -0.423 e. The molecule has 1 unspecified atom stereocenters. The van der Waals surface area contributed by atoms with Crippen LogP contribution in [-0.2, 0) is 0 Å². The summed E-state index contributed by atoms with van der Waals surface area (Å²) in [5.41, 5.74) is 1.90. The average molecular weight is 328 g/mol. The zero-order chi connectivity index (χ0) is 16.7. The van der Waals surface area contributed by atoms with Crippen LogP contribution >= 0.6 is 0 Å². The molecule has 0 aliphatic carbocycles. The van der Waals surface area contributed by atoms with Crippen LogP contribution in [0.25, 0.3) is 11.1 Å². The lowest BCUT2D eigenvalue weighted by Crippen LogP contribution is -2.57. The van der Waals surface area contributed by atoms with Crippen molar-refractivity contribution in [1.29, 1.82) is 0 Å². The van der Waals surface area contributed by atoms with Gasteiger partial charge in [-0.1, -0.05) is 6.07 Å². The maximum absolute atomic E-state index is 12.8. The van der Waals surface area contributed by atoms with Crippen molar-refractivity contribution in [3.05, 3.63) is 23.8 Å². The molecule has 3 aliphatic heterocycles. The summed E-state index contributed by atoms with van der Waals surface area (Å²) >= 11 is 0. The number of carbonyl (C=O) groups excluding carboxylic acids is 1. The first-order valence-electron chi connectivity index (χ1n) is 8.79. The molecule has 3 saturated heterocycles. The number of oxazole rings is 1. The standard InChI is InChI=1S/C18H24N4O2/c1-3-21(2)18-20-16-13(5-4-6-15(16)24-18)17(23)19-14-11-22-9-7-12(14)8-10-22/h4-6,12,14H,3,7-11H2,1-2H3,(H,19,23). The minimum absolute atomic E-state index is 0.0432. The van der Waals surface area contributed by atoms with Gasteiger partial charge in [0.05, 0.1) is 5.56 Å². The molecule has 3 fully saturated rings. The third-order valence-corrected chi connectivity index (χ3v) is 5.43. The summed E-state index contributed by atoms with van der Waals surface area (Å²) in [4.78, 5) is 21.7. The zero-order valence-electron chi connectivity index (χ0n) is 14.3. The topological polar surface area (TPSA) is 61.6 Å². The second-order valence-corrected chi connectivity index (χ2v) is 6.88. The van der Waals surface area contributed by atoms with Gasteiger partial charge in [-0.05, 0) is 50.9 Å². The van der Waals surface area contributed by atoms with Gasteiger partial charge in [0.25, 0.3) is 11.9 Å². The van der Waals surface area contributed by atoms with Crippen molar-refractivity contribution >= 4 is 23.0 Å². The molecular weight excluding hydrogens is 304 g/mol. The fraction of sp³-hybridized carbons (Fsp3) is 0.556. The molecule has 2 bridgehead atoms. The lowest BCUT2D eigenvalue weighted by Gasteiger charge is -2.44. The minimum atomic E-state index is -0.0432. The van der Waals surface area contributed by atoms with Crippen molar-refractivity contribution < 1.29 is 9.21 Å². The van der Waals surface area contributed by atoms with Crippen molar-refractivity contribution in [2.24, 2.45) is 5.92 Å². The summed E-state index contributed by atoms with van der Waals surface area (Å²) in [6, 6.07) is 6.35. The van der Waals surface area contributed by atoms with Crippen molar-refractivity contribution in [1.82, 2.24) is 15.2 Å². The Kier molecular flexibility index (Phi) is 3.92. The SMILES string of the molecule is CCN(C)c1nc2c(C(=O)NC3CN4CCC3CC4)cccc2o1. The van der Waals surface area contributed by atoms with Crippen LogP contribution in [0.2, 0.25) is 0 Å². The van der Waals surface area contributed by atoms with Gasteiger partial charge in [-0.2, -0.15) is 4.98 Å². The number of nitrogens with one attached hydrogen (secondary N) is 1. The predicted molar refractivity (Wildman–Crippen MR) is 93.4 cm³/mol. The first kappa shape index (κ1) is 15.4. The average Bonchev–Trinajstić information content (AvgIpc) is 3.06. The third kappa shape index (κ3) is 2.65. The zero-order valence-corrected chi connectivity index (χ0v) is 14.3. The van der Waals surface area contributed by atoms with Gasteiger partial charge in [0, 0.05) is 26.2 Å². The van der Waals surface area contributed by atoms with Crippen LogP contribution < -0.4 is 10.2 Å². The number of piperidine rings is 3. The van der Waals surface area contributed by atoms with E-state index in [-0.39, 0.29) is 11.9 Å². The highest BCUT2D eigenvalue weighted by atomic mass is 16.4. The fourth-order valence-corrected chi connectivity index (χ4v) is 3.79. The molecule has 6 nitrogen and oxygen atoms in total. The summed E-state index contributed by atoms with van der Waals surface area (Å²) in [5, 5.41) is 3.24. The van der Waals surface area contributed by atoms with E-state index in [1.807, 2.05) is 37.1 Å². The summed E-state index contributed by atoms with van der Waals surface area (Å²) in [7, 11) is 1.93. The Labute approximate surface area is 141 Å². The lowest BCUT2D eigenvalue weighted by molar-refractivity contribution is 0.0621. The smallest absolute Gasteiger partial charge is 0.298 e. The molecule has 1 aromatic carbocycles. The summed E-state index contributed by atoms with van der Waals surface area (Å²) in [5.74, 6) is 0.565. The Balaban J connectivity index is 1.59. The molecule has 6 heteroatoms. The second kappa shape index (κ2) is 6.09. The highest BCUT2D eigenvalue weighted by molar-refractivity contribution is 6.04. The Hall–Kier alpha value is -2.08. The molecule has 1 aromatic heterocycles. The molecule has 24 heavy (non-hydrogen) atoms. The monoisotopic (exact) mass is 328 g/mol. The van der Waals surface area contributed by atoms with E-state index in [9.17, 15) is 4.79 Å². The Morgan fingerprint density at radius 1 is 1.42 bits per heavy atom. The maximum atomic E-state index is 12.8. The van der Waals surface area contributed by atoms with Gasteiger partial charge in [-0.25, -0.2) is 0 Å². The number of fused-ring (bicyclic) bond motifs is 4. The van der Waals surface area contributed by atoms with Crippen molar-refractivity contribution in [3.63, 3.8) is 0 Å². The first-order chi connectivity index (χ1) is 11.7. The van der Waals surface area contributed by atoms with Crippen LogP contribution in [0.1, 0.15) is 30.1 Å². The van der Waals surface area contributed by atoms with Crippen LogP contribution in [0.3, 0.4) is 0 Å². The number of para-hydroxylation sites is 1. The van der Waals surface area contributed by atoms with Crippen LogP contribution in [0, 0.1) is 5.92 Å². The summed E-state index contributed by atoms with van der Waals surface area (Å²) in [6.07, 6.45) is 2.37. The number of rotatable bonds is 4. The van der Waals surface area contributed by atoms with E-state index in [2.05, 4.69) is 15.2 Å². The van der Waals surface area contributed by atoms with Gasteiger partial charge in [0.1, 0.15) is 5.52 Å². The van der Waals surface area contributed by atoms with Crippen molar-refractivity contribution in [2.45, 2.75) is 25.8 Å². The molecule has 1 amide bonds. The number of carbonyl (C=O) groups is 1. The first-order valence-corrected chi connectivity index (χ1v) is 8.79. The van der Waals surface area contributed by atoms with Gasteiger partial charge in [-0.3, -0.25) is 4.79 Å². The molecule has 5 rings (SSSR count). The number of benzene rings is 1. The van der Waals surface area contributed by atoms with E-state index in [1.165, 1.54) is 25.9 Å². The number of amides is 1. The van der Waals surface area contributed by atoms with E-state index >= 15 is 0 Å². The second-order valence-electron chi connectivity index (χ2n) is 6.88. The van der Waals surface area contributed by atoms with Crippen LogP contribution in [-0.4, -0.2) is 55.1 Å². The quantitative estimate of drug-likeness (QED) is 0.931. The van der Waals surface area contributed by atoms with Crippen molar-refractivity contribution in [2.75, 3.05) is 38.1 Å². The summed E-state index contributed by atoms with van der Waals surface area (Å²) in [6.45, 7) is 6.14. The van der Waals surface area contributed by atoms with Gasteiger partial charge in [0.2, 0.25) is 0 Å². The van der Waals surface area contributed by atoms with Crippen molar-refractivity contribution in [3.8, 4) is 0 Å². The molecule has 3 aliphatic rings. The van der Waals surface area contributed by atoms with Crippen LogP contribution in [0.15, 0.2) is 22.6 Å². The number of nitrogens with zero attached hydrogens (tertiary/aromatic N) is 3. The van der Waals surface area contributed by atoms with Crippen LogP contribution in [0.4, 0.5) is 6.01 Å². The van der Waals surface area contributed by atoms with E-state index < -0.39 is 0 Å². The molecular formula is C18H24N4O2. The molecule has 2 aromatic rings. The molecule has 0 spiro atoms. The van der Waals surface area contributed by atoms with E-state index in [0.29, 0.717) is 28.6 Å². The van der Waals surface area contributed by atoms with E-state index in [1.54, 1.807) is 0 Å². The third-order valence-electron chi connectivity index (χ3n) is 5.43. The van der Waals surface area contributed by atoms with E-state index in [0.717, 1.165) is 13.1 Å². The van der Waals surface area contributed by atoms with E-state index in [4.69, 9.17) is 4.42 Å². The Bertz CT molecular complexity index is 749. The van der Waals surface area contributed by atoms with Gasteiger partial charge in [0.15, 0.2) is 5.58 Å². The summed E-state index contributed by atoms with van der Waals surface area (Å²) < 4.78 is 5.78. The van der Waals surface area contributed by atoms with Gasteiger partial charge >= 0.3 is 0 Å². The van der Waals surface area contributed by atoms with Gasteiger partial charge in [-0.15, -0.1) is 0 Å². The maximum Gasteiger partial charge on any atom is 0.298 e. The Morgan fingerprint density at radius 3 is 2.88 bits per heavy atom. The fourth-order valence-electron chi connectivity index (χ4n) is 3.79. The molecule has 1 atom stereocenters. The molecule has 0 radical (unpaired) electrons. The predicted octanol–water partition coefficient (Wildman–Crippen LogP) is 2.11. The number of anilines is 1. The number of hydrogen-bond acceptors (Lipinski definition) is 5. The molecule has 4 heterocycles. The lowest BCUT2D eigenvalue weighted by atomic mass is 9.84. The molecule has 1 N–H and O–H groups in total. The Morgan fingerprint density at radius 2 is 2.21 bits per heavy atom. The highest BCUT2D eigenvalue weighted by Crippen LogP contribution is 2.28. The largest absolute Gasteiger partial charge is 0.423 e.